The van der Waals surface area contributed by atoms with Crippen molar-refractivity contribution >= 4 is 49.8 Å². The minimum absolute atomic E-state index is 0.275. The van der Waals surface area contributed by atoms with Crippen LogP contribution in [0, 0.1) is 55.4 Å². The van der Waals surface area contributed by atoms with Crippen LogP contribution in [0.2, 0.25) is 12.1 Å². The Morgan fingerprint density at radius 3 is 1.22 bits per heavy atom. The molecule has 2 aliphatic rings. The van der Waals surface area contributed by atoms with Gasteiger partial charge in [0.05, 0.1) is 0 Å². The number of hydrogen-bond donors (Lipinski definition) is 0. The fourth-order valence-corrected chi connectivity index (χ4v) is 10.4. The molecule has 0 saturated heterocycles. The maximum atomic E-state index is 6.34. The first-order valence-corrected chi connectivity index (χ1v) is 26.4. The minimum atomic E-state index is -0.826. The fraction of sp³-hybridized carbons (Fsp3) is 0.250. The number of rotatable bonds is 8. The van der Waals surface area contributed by atoms with Crippen molar-refractivity contribution < 1.29 is 29.7 Å². The molecule has 0 spiro atoms. The number of fused-ring (bicyclic) bond motifs is 2. The summed E-state index contributed by atoms with van der Waals surface area (Å²) in [4.78, 5) is 0. The first-order chi connectivity index (χ1) is 25.9. The molecule has 0 aliphatic heterocycles. The van der Waals surface area contributed by atoms with Gasteiger partial charge in [0.2, 0.25) is 0 Å². The molecule has 0 saturated carbocycles. The molecule has 2 atom stereocenters. The Bertz CT molecular complexity index is 2220. The van der Waals surface area contributed by atoms with Gasteiger partial charge in [-0.1, -0.05) is 82.9 Å². The first kappa shape index (κ1) is 38.9. The van der Waals surface area contributed by atoms with Crippen molar-refractivity contribution in [2.75, 3.05) is 0 Å². The molecule has 6 heteroatoms. The summed E-state index contributed by atoms with van der Waals surface area (Å²) in [6, 6.07) is 34.0. The fourth-order valence-electron chi connectivity index (χ4n) is 8.74. The van der Waals surface area contributed by atoms with E-state index in [2.05, 4.69) is 139 Å². The predicted octanol–water partition coefficient (Wildman–Crippen LogP) is 14.6. The Hall–Kier alpha value is -3.40. The third kappa shape index (κ3) is 7.83. The van der Waals surface area contributed by atoms with Crippen LogP contribution in [0.15, 0.2) is 93.8 Å². The van der Waals surface area contributed by atoms with Crippen LogP contribution in [-0.4, -0.2) is 9.52 Å². The molecule has 6 aromatic rings. The third-order valence-electron chi connectivity index (χ3n) is 10.8. The van der Waals surface area contributed by atoms with Gasteiger partial charge in [-0.05, 0) is 160 Å². The zero-order valence-corrected chi connectivity index (χ0v) is 37.3. The number of furan rings is 2. The van der Waals surface area contributed by atoms with E-state index in [1.165, 1.54) is 89.0 Å². The van der Waals surface area contributed by atoms with Crippen molar-refractivity contribution in [2.45, 2.75) is 79.3 Å². The molecule has 8 rings (SSSR count). The van der Waals surface area contributed by atoms with Crippen LogP contribution in [0.25, 0.3) is 45.6 Å². The van der Waals surface area contributed by atoms with E-state index in [0.717, 1.165) is 44.6 Å². The summed E-state index contributed by atoms with van der Waals surface area (Å²) in [6.07, 6.45) is 4.87. The van der Waals surface area contributed by atoms with Gasteiger partial charge in [0.25, 0.3) is 0 Å². The first-order valence-electron chi connectivity index (χ1n) is 18.6. The van der Waals surface area contributed by atoms with Gasteiger partial charge >= 0.3 is 37.9 Å². The second kappa shape index (κ2) is 16.4. The quantitative estimate of drug-likeness (QED) is 0.143. The van der Waals surface area contributed by atoms with E-state index in [0.29, 0.717) is 0 Å². The van der Waals surface area contributed by atoms with Crippen LogP contribution in [-0.2, 0) is 20.8 Å². The predicted molar refractivity (Wildman–Crippen MR) is 227 cm³/mol. The van der Waals surface area contributed by atoms with Gasteiger partial charge in [-0.25, -0.2) is 0 Å². The summed E-state index contributed by atoms with van der Waals surface area (Å²) in [5.41, 5.74) is 21.3. The van der Waals surface area contributed by atoms with Crippen LogP contribution in [0.4, 0.5) is 0 Å². The van der Waals surface area contributed by atoms with Gasteiger partial charge in [0.1, 0.15) is 23.0 Å². The molecule has 4 aromatic carbocycles. The molecule has 0 N–H and O–H groups in total. The van der Waals surface area contributed by atoms with Crippen LogP contribution in [0.5, 0.6) is 0 Å². The molecular weight excluding hydrogens is 799 g/mol. The number of hydrogen-bond acceptors (Lipinski definition) is 2. The summed E-state index contributed by atoms with van der Waals surface area (Å²) in [5.74, 6) is 4.45. The van der Waals surface area contributed by atoms with Gasteiger partial charge in [0, 0.05) is 32.5 Å². The summed E-state index contributed by atoms with van der Waals surface area (Å²) < 4.78 is 12.7. The molecule has 2 heterocycles. The van der Waals surface area contributed by atoms with Gasteiger partial charge in [-0.2, -0.15) is 0 Å². The SMILES string of the molecule is Cc1cc(C)cc(-c2c(C)ccc3c2C=C(c2ccc(C)o2)C3C[Si]CC2C(c3ccc(C)o3)=Cc3c2ccc(C)c3-c2cc(C)cc(C)c2)c1.[Cl][Zr][Cl]. The molecule has 0 fully saturated rings. The van der Waals surface area contributed by atoms with Crippen LogP contribution >= 0.6 is 17.0 Å². The van der Waals surface area contributed by atoms with E-state index in [4.69, 9.17) is 25.9 Å². The molecule has 2 aromatic heterocycles. The summed E-state index contributed by atoms with van der Waals surface area (Å²) >= 11 is -0.826. The number of allylic oxidation sites excluding steroid dienone is 2. The number of aryl methyl sites for hydroxylation is 8. The van der Waals surface area contributed by atoms with Crippen LogP contribution in [0.3, 0.4) is 0 Å². The molecule has 2 nitrogen and oxygen atoms in total. The summed E-state index contributed by atoms with van der Waals surface area (Å²) in [7, 11) is 10.6. The Balaban J connectivity index is 0.00000145. The molecule has 0 amide bonds. The Kier molecular flexibility index (Phi) is 11.8. The van der Waals surface area contributed by atoms with Gasteiger partial charge < -0.3 is 8.83 Å². The van der Waals surface area contributed by atoms with E-state index in [1.54, 1.807) is 0 Å². The molecular formula is C48H46Cl2O2SiZr. The second-order valence-electron chi connectivity index (χ2n) is 15.1. The van der Waals surface area contributed by atoms with E-state index >= 15 is 0 Å². The van der Waals surface area contributed by atoms with Crippen LogP contribution in [0.1, 0.15) is 90.5 Å². The Morgan fingerprint density at radius 2 is 0.889 bits per heavy atom. The molecule has 2 radical (unpaired) electrons. The van der Waals surface area contributed by atoms with Crippen molar-refractivity contribution in [3.05, 3.63) is 164 Å². The third-order valence-corrected chi connectivity index (χ3v) is 12.2. The number of halogens is 2. The maximum absolute atomic E-state index is 6.34. The monoisotopic (exact) mass is 842 g/mol. The Labute approximate surface area is 342 Å². The van der Waals surface area contributed by atoms with Crippen molar-refractivity contribution in [1.29, 1.82) is 0 Å². The van der Waals surface area contributed by atoms with E-state index in [9.17, 15) is 0 Å². The topological polar surface area (TPSA) is 26.3 Å². The van der Waals surface area contributed by atoms with Gasteiger partial charge in [-0.3, -0.25) is 0 Å². The van der Waals surface area contributed by atoms with Crippen molar-refractivity contribution in [3.8, 4) is 22.3 Å². The zero-order chi connectivity index (χ0) is 38.3. The average molecular weight is 845 g/mol. The summed E-state index contributed by atoms with van der Waals surface area (Å²) in [6.45, 7) is 17.4. The normalized spacial score (nSPS) is 15.7. The van der Waals surface area contributed by atoms with Gasteiger partial charge in [-0.15, -0.1) is 0 Å². The molecule has 272 valence electrons. The van der Waals surface area contributed by atoms with E-state index in [1.807, 2.05) is 13.8 Å². The standard InChI is InChI=1S/C48H46O2Si.2ClH.Zr/c1-27-17-28(2)20-35(19-27)47-31(5)9-13-37-41(47)23-39(45-15-11-33(7)49-45)43(37)25-51-26-44-38-14-10-32(6)48(36-21-29(3)18-30(4)22-36)42(38)24-40(44)46-16-12-34(8)50-46;;;/h9-24,43-44H,25-26H2,1-8H3;2*1H;/q;;;+2/p-2. The Morgan fingerprint density at radius 1 is 0.519 bits per heavy atom. The van der Waals surface area contributed by atoms with Crippen molar-refractivity contribution in [2.24, 2.45) is 0 Å². The van der Waals surface area contributed by atoms with Crippen molar-refractivity contribution in [1.82, 2.24) is 0 Å². The zero-order valence-electron chi connectivity index (χ0n) is 32.4. The van der Waals surface area contributed by atoms with E-state index in [-0.39, 0.29) is 11.8 Å². The summed E-state index contributed by atoms with van der Waals surface area (Å²) in [5, 5.41) is 0. The average Bonchev–Trinajstić information content (AvgIpc) is 3.89. The molecule has 2 aliphatic carbocycles. The molecule has 54 heavy (non-hydrogen) atoms. The van der Waals surface area contributed by atoms with Gasteiger partial charge in [0.15, 0.2) is 0 Å². The van der Waals surface area contributed by atoms with Crippen LogP contribution < -0.4 is 0 Å². The van der Waals surface area contributed by atoms with E-state index < -0.39 is 20.8 Å². The van der Waals surface area contributed by atoms with Crippen molar-refractivity contribution in [3.63, 3.8) is 0 Å². The molecule has 2 unspecified atom stereocenters. The number of benzene rings is 4. The molecule has 0 bridgehead atoms. The second-order valence-corrected chi connectivity index (χ2v) is 20.2.